The molecule has 0 saturated carbocycles. The Bertz CT molecular complexity index is 304. The van der Waals surface area contributed by atoms with Gasteiger partial charge in [0, 0.05) is 17.1 Å². The largest absolute Gasteiger partial charge is 0.493 e. The van der Waals surface area contributed by atoms with E-state index in [1.165, 1.54) is 0 Å². The molecule has 0 aromatic heterocycles. The summed E-state index contributed by atoms with van der Waals surface area (Å²) < 4.78 is 5.34. The van der Waals surface area contributed by atoms with E-state index in [2.05, 4.69) is 0 Å². The lowest BCUT2D eigenvalue weighted by Crippen LogP contribution is -2.13. The fraction of sp³-hybridized carbons (Fsp3) is 0.400. The highest BCUT2D eigenvalue weighted by Gasteiger charge is 2.12. The highest BCUT2D eigenvalue weighted by Crippen LogP contribution is 2.27. The van der Waals surface area contributed by atoms with Crippen molar-refractivity contribution in [3.8, 4) is 5.75 Å². The first-order chi connectivity index (χ1) is 6.69. The summed E-state index contributed by atoms with van der Waals surface area (Å²) in [5, 5.41) is 10.2. The van der Waals surface area contributed by atoms with Crippen LogP contribution in [0.5, 0.6) is 5.75 Å². The Labute approximate surface area is 88.4 Å². The molecule has 0 bridgehead atoms. The van der Waals surface area contributed by atoms with Gasteiger partial charge in [-0.25, -0.2) is 0 Å². The summed E-state index contributed by atoms with van der Waals surface area (Å²) in [6.45, 7) is 2.58. The van der Waals surface area contributed by atoms with Gasteiger partial charge in [-0.05, 0) is 25.1 Å². The van der Waals surface area contributed by atoms with Crippen molar-refractivity contribution in [3.63, 3.8) is 0 Å². The van der Waals surface area contributed by atoms with Crippen LogP contribution in [0.3, 0.4) is 0 Å². The Morgan fingerprint density at radius 1 is 1.57 bits per heavy atom. The molecular weight excluding hydrogens is 202 g/mol. The van der Waals surface area contributed by atoms with Crippen LogP contribution in [0.1, 0.15) is 18.6 Å². The molecule has 3 N–H and O–H groups in total. The zero-order valence-corrected chi connectivity index (χ0v) is 8.79. The monoisotopic (exact) mass is 215 g/mol. The van der Waals surface area contributed by atoms with E-state index >= 15 is 0 Å². The number of hydrogen-bond acceptors (Lipinski definition) is 3. The number of nitrogens with two attached hydrogens (primary N) is 1. The third-order valence-electron chi connectivity index (χ3n) is 1.85. The number of rotatable bonds is 4. The number of ether oxygens (including phenoxy) is 1. The van der Waals surface area contributed by atoms with E-state index in [9.17, 15) is 5.11 Å². The highest BCUT2D eigenvalue weighted by molar-refractivity contribution is 6.30. The highest BCUT2D eigenvalue weighted by atomic mass is 35.5. The average Bonchev–Trinajstić information content (AvgIpc) is 2.20. The summed E-state index contributed by atoms with van der Waals surface area (Å²) in [6.07, 6.45) is -0.727. The Kier molecular flexibility index (Phi) is 4.20. The van der Waals surface area contributed by atoms with Gasteiger partial charge in [-0.15, -0.1) is 0 Å². The molecule has 78 valence electrons. The summed E-state index contributed by atoms with van der Waals surface area (Å²) in [6, 6.07) is 5.13. The lowest BCUT2D eigenvalue weighted by atomic mass is 10.1. The van der Waals surface area contributed by atoms with E-state index in [1.807, 2.05) is 6.92 Å². The number of halogens is 1. The zero-order valence-electron chi connectivity index (χ0n) is 8.03. The second-order valence-electron chi connectivity index (χ2n) is 2.87. The van der Waals surface area contributed by atoms with Crippen LogP contribution in [0.15, 0.2) is 18.2 Å². The maximum Gasteiger partial charge on any atom is 0.125 e. The lowest BCUT2D eigenvalue weighted by Gasteiger charge is -2.14. The molecule has 0 aliphatic carbocycles. The third kappa shape index (κ3) is 2.61. The smallest absolute Gasteiger partial charge is 0.125 e. The minimum atomic E-state index is -0.727. The second kappa shape index (κ2) is 5.20. The maximum absolute atomic E-state index is 9.60. The topological polar surface area (TPSA) is 55.5 Å². The number of aliphatic hydroxyl groups is 1. The molecule has 4 heteroatoms. The minimum absolute atomic E-state index is 0.153. The van der Waals surface area contributed by atoms with Crippen LogP contribution < -0.4 is 10.5 Å². The van der Waals surface area contributed by atoms with Gasteiger partial charge in [-0.1, -0.05) is 11.6 Å². The molecule has 0 aliphatic heterocycles. The molecule has 1 atom stereocenters. The average molecular weight is 216 g/mol. The van der Waals surface area contributed by atoms with Crippen molar-refractivity contribution in [1.29, 1.82) is 0 Å². The Morgan fingerprint density at radius 2 is 2.29 bits per heavy atom. The maximum atomic E-state index is 9.60. The normalized spacial score (nSPS) is 12.6. The summed E-state index contributed by atoms with van der Waals surface area (Å²) in [7, 11) is 0. The van der Waals surface area contributed by atoms with Crippen molar-refractivity contribution in [2.45, 2.75) is 13.0 Å². The fourth-order valence-electron chi connectivity index (χ4n) is 1.19. The number of aliphatic hydroxyl groups excluding tert-OH is 1. The van der Waals surface area contributed by atoms with Crippen molar-refractivity contribution < 1.29 is 9.84 Å². The molecule has 3 nitrogen and oxygen atoms in total. The molecule has 0 spiro atoms. The Hall–Kier alpha value is -0.770. The molecule has 0 amide bonds. The van der Waals surface area contributed by atoms with Gasteiger partial charge in [-0.3, -0.25) is 0 Å². The molecular formula is C10H14ClNO2. The van der Waals surface area contributed by atoms with E-state index < -0.39 is 6.10 Å². The molecule has 1 rings (SSSR count). The first-order valence-electron chi connectivity index (χ1n) is 4.49. The van der Waals surface area contributed by atoms with Crippen LogP contribution in [0.4, 0.5) is 0 Å². The second-order valence-corrected chi connectivity index (χ2v) is 3.30. The van der Waals surface area contributed by atoms with Gasteiger partial charge in [0.15, 0.2) is 0 Å². The van der Waals surface area contributed by atoms with Gasteiger partial charge in [0.05, 0.1) is 12.7 Å². The predicted molar refractivity (Wildman–Crippen MR) is 56.6 cm³/mol. The van der Waals surface area contributed by atoms with Crippen LogP contribution in [-0.4, -0.2) is 18.3 Å². The lowest BCUT2D eigenvalue weighted by molar-refractivity contribution is 0.180. The fourth-order valence-corrected chi connectivity index (χ4v) is 1.37. The Balaban J connectivity index is 3.02. The van der Waals surface area contributed by atoms with E-state index in [0.29, 0.717) is 22.9 Å². The predicted octanol–water partition coefficient (Wildman–Crippen LogP) is 1.73. The van der Waals surface area contributed by atoms with E-state index in [0.717, 1.165) is 0 Å². The molecule has 0 radical (unpaired) electrons. The molecule has 0 saturated heterocycles. The minimum Gasteiger partial charge on any atom is -0.493 e. The van der Waals surface area contributed by atoms with Gasteiger partial charge in [-0.2, -0.15) is 0 Å². The molecule has 1 unspecified atom stereocenters. The van der Waals surface area contributed by atoms with Crippen molar-refractivity contribution >= 4 is 11.6 Å². The zero-order chi connectivity index (χ0) is 10.6. The van der Waals surface area contributed by atoms with Gasteiger partial charge >= 0.3 is 0 Å². The van der Waals surface area contributed by atoms with Crippen LogP contribution in [0.2, 0.25) is 5.02 Å². The quantitative estimate of drug-likeness (QED) is 0.805. The van der Waals surface area contributed by atoms with Gasteiger partial charge in [0.1, 0.15) is 5.75 Å². The van der Waals surface area contributed by atoms with Crippen LogP contribution in [0.25, 0.3) is 0 Å². The Morgan fingerprint density at radius 3 is 2.86 bits per heavy atom. The van der Waals surface area contributed by atoms with Crippen LogP contribution in [0, 0.1) is 0 Å². The molecule has 0 heterocycles. The first kappa shape index (κ1) is 11.3. The van der Waals surface area contributed by atoms with Crippen molar-refractivity contribution in [2.24, 2.45) is 5.73 Å². The summed E-state index contributed by atoms with van der Waals surface area (Å²) in [5.41, 5.74) is 6.01. The number of hydrogen-bond donors (Lipinski definition) is 2. The van der Waals surface area contributed by atoms with Crippen molar-refractivity contribution in [1.82, 2.24) is 0 Å². The van der Waals surface area contributed by atoms with Gasteiger partial charge in [0.2, 0.25) is 0 Å². The molecule has 1 aromatic rings. The molecule has 0 aliphatic rings. The van der Waals surface area contributed by atoms with Crippen LogP contribution >= 0.6 is 11.6 Å². The summed E-state index contributed by atoms with van der Waals surface area (Å²) in [5.74, 6) is 0.634. The van der Waals surface area contributed by atoms with Crippen molar-refractivity contribution in [3.05, 3.63) is 28.8 Å². The van der Waals surface area contributed by atoms with Gasteiger partial charge in [0.25, 0.3) is 0 Å². The first-order valence-corrected chi connectivity index (χ1v) is 4.87. The molecule has 14 heavy (non-hydrogen) atoms. The number of benzene rings is 1. The van der Waals surface area contributed by atoms with E-state index in [-0.39, 0.29) is 6.54 Å². The molecule has 0 fully saturated rings. The van der Waals surface area contributed by atoms with Crippen molar-refractivity contribution in [2.75, 3.05) is 13.2 Å². The van der Waals surface area contributed by atoms with Crippen LogP contribution in [-0.2, 0) is 0 Å². The SMILES string of the molecule is CCOc1ccc(Cl)cc1C(O)CN. The summed E-state index contributed by atoms with van der Waals surface area (Å²) >= 11 is 5.81. The standard InChI is InChI=1S/C10H14ClNO2/c1-2-14-10-4-3-7(11)5-8(10)9(13)6-12/h3-5,9,13H,2,6,12H2,1H3. The van der Waals surface area contributed by atoms with E-state index in [4.69, 9.17) is 22.1 Å². The summed E-state index contributed by atoms with van der Waals surface area (Å²) in [4.78, 5) is 0. The third-order valence-corrected chi connectivity index (χ3v) is 2.09. The van der Waals surface area contributed by atoms with E-state index in [1.54, 1.807) is 18.2 Å². The van der Waals surface area contributed by atoms with Gasteiger partial charge < -0.3 is 15.6 Å². The molecule has 1 aromatic carbocycles.